The number of nitrogens with one attached hydrogen (secondary N) is 2. The smallest absolute Gasteiger partial charge is 0.255 e. The number of amides is 2. The minimum atomic E-state index is -0.487. The first-order chi connectivity index (χ1) is 20.4. The number of hydrogen-bond donors (Lipinski definition) is 3. The molecule has 6 rings (SSSR count). The molecular weight excluding hydrogens is 537 g/mol. The summed E-state index contributed by atoms with van der Waals surface area (Å²) in [6.45, 7) is -0.121. The normalized spacial score (nSPS) is 13.5. The van der Waals surface area contributed by atoms with Gasteiger partial charge in [-0.25, -0.2) is 4.39 Å². The second kappa shape index (κ2) is 11.1. The van der Waals surface area contributed by atoms with E-state index in [1.807, 2.05) is 24.3 Å². The number of furan rings is 1. The Morgan fingerprint density at radius 1 is 1.00 bits per heavy atom. The van der Waals surface area contributed by atoms with Crippen molar-refractivity contribution in [3.63, 3.8) is 0 Å². The lowest BCUT2D eigenvalue weighted by molar-refractivity contribution is 0.0928. The second-order valence-corrected chi connectivity index (χ2v) is 10.1. The molecule has 0 radical (unpaired) electrons. The number of hydrogen-bond acceptors (Lipinski definition) is 6. The van der Waals surface area contributed by atoms with Crippen LogP contribution >= 0.6 is 0 Å². The molecule has 212 valence electrons. The number of aliphatic hydroxyl groups excluding tert-OH is 1. The molecule has 2 heterocycles. The lowest BCUT2D eigenvalue weighted by atomic mass is 9.98. The van der Waals surface area contributed by atoms with E-state index in [1.165, 1.54) is 19.2 Å². The fourth-order valence-electron chi connectivity index (χ4n) is 5.10. The van der Waals surface area contributed by atoms with Gasteiger partial charge in [-0.05, 0) is 85.1 Å². The van der Waals surface area contributed by atoms with Crippen LogP contribution in [0.25, 0.3) is 33.4 Å². The molecule has 9 heteroatoms. The first-order valence-corrected chi connectivity index (χ1v) is 13.6. The van der Waals surface area contributed by atoms with Gasteiger partial charge in [0.05, 0.1) is 23.4 Å². The average Bonchev–Trinajstić information content (AvgIpc) is 3.71. The van der Waals surface area contributed by atoms with Crippen molar-refractivity contribution in [3.8, 4) is 28.2 Å². The molecule has 0 unspecified atom stereocenters. The van der Waals surface area contributed by atoms with Gasteiger partial charge >= 0.3 is 0 Å². The van der Waals surface area contributed by atoms with Crippen molar-refractivity contribution in [2.45, 2.75) is 18.4 Å². The molecule has 0 bridgehead atoms. The SMILES string of the molecule is CNC(=O)c1c(-c2ccc(F)cc2)oc2ccc(-c3cc(C(=O)NC4(c5ccccn5)CC4)ccc3OCCO)cc12. The highest BCUT2D eigenvalue weighted by atomic mass is 19.1. The van der Waals surface area contributed by atoms with Crippen LogP contribution in [-0.2, 0) is 5.54 Å². The highest BCUT2D eigenvalue weighted by Gasteiger charge is 2.47. The molecule has 0 spiro atoms. The molecule has 42 heavy (non-hydrogen) atoms. The molecule has 0 saturated heterocycles. The summed E-state index contributed by atoms with van der Waals surface area (Å²) in [6, 6.07) is 21.9. The Kier molecular flexibility index (Phi) is 7.18. The van der Waals surface area contributed by atoms with Gasteiger partial charge in [-0.2, -0.15) is 0 Å². The summed E-state index contributed by atoms with van der Waals surface area (Å²) in [4.78, 5) is 30.9. The van der Waals surface area contributed by atoms with Crippen molar-refractivity contribution < 1.29 is 28.2 Å². The maximum absolute atomic E-state index is 13.6. The van der Waals surface area contributed by atoms with Crippen LogP contribution < -0.4 is 15.4 Å². The molecule has 3 N–H and O–H groups in total. The highest BCUT2D eigenvalue weighted by molar-refractivity contribution is 6.12. The number of carbonyl (C=O) groups excluding carboxylic acids is 2. The number of carbonyl (C=O) groups is 2. The van der Waals surface area contributed by atoms with Gasteiger partial charge < -0.3 is 24.9 Å². The van der Waals surface area contributed by atoms with Gasteiger partial charge in [-0.3, -0.25) is 14.6 Å². The zero-order valence-corrected chi connectivity index (χ0v) is 22.8. The first-order valence-electron chi connectivity index (χ1n) is 13.6. The summed E-state index contributed by atoms with van der Waals surface area (Å²) in [6.07, 6.45) is 3.32. The van der Waals surface area contributed by atoms with Crippen LogP contribution in [0.15, 0.2) is 89.5 Å². The predicted octanol–water partition coefficient (Wildman–Crippen LogP) is 5.45. The standard InChI is InChI=1S/C33H28FN3O5/c1-35-32(40)29-25-18-21(7-12-27(25)42-30(29)20-5-9-23(34)10-6-20)24-19-22(8-11-26(24)41-17-16-38)31(39)37-33(13-14-33)28-4-2-3-15-36-28/h2-12,15,18-19,38H,13-14,16-17H2,1H3,(H,35,40)(H,37,39). The summed E-state index contributed by atoms with van der Waals surface area (Å²) in [5.41, 5.74) is 3.37. The number of pyridine rings is 1. The van der Waals surface area contributed by atoms with Crippen LogP contribution in [-0.4, -0.2) is 42.2 Å². The van der Waals surface area contributed by atoms with Crippen LogP contribution in [0.5, 0.6) is 5.75 Å². The number of rotatable bonds is 9. The van der Waals surface area contributed by atoms with Crippen molar-refractivity contribution in [2.75, 3.05) is 20.3 Å². The molecule has 0 aliphatic heterocycles. The molecule has 1 aliphatic rings. The maximum atomic E-state index is 13.6. The van der Waals surface area contributed by atoms with E-state index in [1.54, 1.807) is 48.7 Å². The van der Waals surface area contributed by atoms with Gasteiger partial charge in [0.1, 0.15) is 29.5 Å². The fourth-order valence-corrected chi connectivity index (χ4v) is 5.10. The quantitative estimate of drug-likeness (QED) is 0.219. The van der Waals surface area contributed by atoms with Crippen LogP contribution in [0.3, 0.4) is 0 Å². The maximum Gasteiger partial charge on any atom is 0.255 e. The summed E-state index contributed by atoms with van der Waals surface area (Å²) >= 11 is 0. The van der Waals surface area contributed by atoms with E-state index >= 15 is 0 Å². The van der Waals surface area contributed by atoms with Gasteiger partial charge in [-0.15, -0.1) is 0 Å². The van der Waals surface area contributed by atoms with E-state index < -0.39 is 11.4 Å². The molecule has 1 saturated carbocycles. The van der Waals surface area contributed by atoms with Crippen LogP contribution in [0.4, 0.5) is 4.39 Å². The van der Waals surface area contributed by atoms with Gasteiger partial charge in [-0.1, -0.05) is 12.1 Å². The summed E-state index contributed by atoms with van der Waals surface area (Å²) in [7, 11) is 1.53. The van der Waals surface area contributed by atoms with E-state index in [0.29, 0.717) is 50.3 Å². The predicted molar refractivity (Wildman–Crippen MR) is 156 cm³/mol. The zero-order chi connectivity index (χ0) is 29.3. The van der Waals surface area contributed by atoms with Crippen LogP contribution in [0, 0.1) is 5.82 Å². The molecule has 1 aliphatic carbocycles. The van der Waals surface area contributed by atoms with E-state index in [0.717, 1.165) is 18.5 Å². The molecule has 2 aromatic heterocycles. The summed E-state index contributed by atoms with van der Waals surface area (Å²) in [5, 5.41) is 15.7. The molecule has 0 atom stereocenters. The molecule has 8 nitrogen and oxygen atoms in total. The van der Waals surface area contributed by atoms with E-state index in [9.17, 15) is 19.1 Å². The number of fused-ring (bicyclic) bond motifs is 1. The van der Waals surface area contributed by atoms with Crippen LogP contribution in [0.2, 0.25) is 0 Å². The third kappa shape index (κ3) is 5.10. The van der Waals surface area contributed by atoms with E-state index in [2.05, 4.69) is 15.6 Å². The summed E-state index contributed by atoms with van der Waals surface area (Å²) < 4.78 is 25.5. The minimum absolute atomic E-state index is 0.0630. The van der Waals surface area contributed by atoms with Gasteiger partial charge in [0.25, 0.3) is 11.8 Å². The lowest BCUT2D eigenvalue weighted by Crippen LogP contribution is -2.35. The molecule has 3 aromatic carbocycles. The fraction of sp³-hybridized carbons (Fsp3) is 0.182. The molecule has 1 fully saturated rings. The third-order valence-corrected chi connectivity index (χ3v) is 7.41. The van der Waals surface area contributed by atoms with Gasteiger partial charge in [0.2, 0.25) is 0 Å². The van der Waals surface area contributed by atoms with E-state index in [-0.39, 0.29) is 25.0 Å². The largest absolute Gasteiger partial charge is 0.491 e. The number of benzene rings is 3. The van der Waals surface area contributed by atoms with Crippen LogP contribution in [0.1, 0.15) is 39.3 Å². The number of nitrogens with zero attached hydrogens (tertiary/aromatic N) is 1. The van der Waals surface area contributed by atoms with Crippen molar-refractivity contribution in [1.29, 1.82) is 0 Å². The number of ether oxygens (including phenoxy) is 1. The molecule has 5 aromatic rings. The number of aliphatic hydroxyl groups is 1. The Morgan fingerprint density at radius 3 is 2.48 bits per heavy atom. The van der Waals surface area contributed by atoms with Crippen molar-refractivity contribution in [2.24, 2.45) is 0 Å². The molecular formula is C33H28FN3O5. The first kappa shape index (κ1) is 27.2. The zero-order valence-electron chi connectivity index (χ0n) is 22.8. The Labute approximate surface area is 241 Å². The Hall–Kier alpha value is -5.02. The Bertz CT molecular complexity index is 1780. The van der Waals surface area contributed by atoms with Gasteiger partial charge in [0.15, 0.2) is 0 Å². The van der Waals surface area contributed by atoms with Crippen molar-refractivity contribution >= 4 is 22.8 Å². The Balaban J connectivity index is 1.42. The molecule has 2 amide bonds. The summed E-state index contributed by atoms with van der Waals surface area (Å²) in [5.74, 6) is -0.225. The average molecular weight is 566 g/mol. The van der Waals surface area contributed by atoms with Crippen molar-refractivity contribution in [1.82, 2.24) is 15.6 Å². The van der Waals surface area contributed by atoms with E-state index in [4.69, 9.17) is 9.15 Å². The van der Waals surface area contributed by atoms with Crippen molar-refractivity contribution in [3.05, 3.63) is 108 Å². The second-order valence-electron chi connectivity index (χ2n) is 10.1. The highest BCUT2D eigenvalue weighted by Crippen LogP contribution is 2.45. The van der Waals surface area contributed by atoms with Gasteiger partial charge in [0, 0.05) is 35.3 Å². The third-order valence-electron chi connectivity index (χ3n) is 7.41. The minimum Gasteiger partial charge on any atom is -0.491 e. The topological polar surface area (TPSA) is 114 Å². The Morgan fingerprint density at radius 2 is 1.79 bits per heavy atom. The number of aromatic nitrogens is 1. The lowest BCUT2D eigenvalue weighted by Gasteiger charge is -2.18. The number of halogens is 1. The monoisotopic (exact) mass is 565 g/mol.